The third-order valence-corrected chi connectivity index (χ3v) is 10.7. The summed E-state index contributed by atoms with van der Waals surface area (Å²) in [6.45, 7) is 9.74. The number of hydrogen-bond acceptors (Lipinski definition) is 10. The second-order valence-corrected chi connectivity index (χ2v) is 16.2. The topological polar surface area (TPSA) is 163 Å². The van der Waals surface area contributed by atoms with Gasteiger partial charge in [0, 0.05) is 30.5 Å². The van der Waals surface area contributed by atoms with Crippen LogP contribution in [0.1, 0.15) is 116 Å². The van der Waals surface area contributed by atoms with Crippen molar-refractivity contribution >= 4 is 46.7 Å². The monoisotopic (exact) mass is 757 g/mol. The van der Waals surface area contributed by atoms with Gasteiger partial charge in [-0.05, 0) is 109 Å². The number of ether oxygens (including phenoxy) is 4. The Bertz CT molecular complexity index is 1640. The van der Waals surface area contributed by atoms with Crippen LogP contribution in [0.5, 0.6) is 0 Å². The zero-order valence-electron chi connectivity index (χ0n) is 32.3. The predicted molar refractivity (Wildman–Crippen MR) is 197 cm³/mol. The number of fused-ring (bicyclic) bond motifs is 1. The molecule has 1 aromatic carbocycles. The molecule has 3 fully saturated rings. The Hall–Kier alpha value is -4.36. The lowest BCUT2D eigenvalue weighted by Crippen LogP contribution is -2.50. The highest BCUT2D eigenvalue weighted by molar-refractivity contribution is 6.00. The molecule has 2 aromatic rings. The fraction of sp³-hybridized carbons (Fsp3) is 0.675. The maximum atomic E-state index is 14.2. The van der Waals surface area contributed by atoms with Crippen LogP contribution in [0.3, 0.4) is 0 Å². The molecule has 2 aliphatic carbocycles. The number of carbonyl (C=O) groups is 5. The van der Waals surface area contributed by atoms with Crippen molar-refractivity contribution in [3.05, 3.63) is 30.0 Å². The number of esters is 1. The number of furan rings is 1. The van der Waals surface area contributed by atoms with Gasteiger partial charge in [0.1, 0.15) is 23.9 Å². The van der Waals surface area contributed by atoms with E-state index in [1.54, 1.807) is 57.7 Å². The molecule has 4 atom stereocenters. The normalized spacial score (nSPS) is 23.4. The van der Waals surface area contributed by atoms with Crippen molar-refractivity contribution in [1.82, 2.24) is 10.2 Å². The van der Waals surface area contributed by atoms with Crippen molar-refractivity contribution in [2.24, 2.45) is 23.7 Å². The van der Waals surface area contributed by atoms with E-state index in [0.29, 0.717) is 54.8 Å². The average molecular weight is 758 g/mol. The van der Waals surface area contributed by atoms with Gasteiger partial charge < -0.3 is 38.9 Å². The molecule has 13 nitrogen and oxygen atoms in total. The number of anilines is 1. The summed E-state index contributed by atoms with van der Waals surface area (Å²) in [7, 11) is 0. The summed E-state index contributed by atoms with van der Waals surface area (Å²) in [5.41, 5.74) is 0.174. The zero-order chi connectivity index (χ0) is 39.2. The van der Waals surface area contributed by atoms with Gasteiger partial charge in [0.05, 0.1) is 12.1 Å². The molecule has 2 saturated carbocycles. The molecule has 3 amide bonds. The SMILES string of the molecule is CC(C)OC(=O)OC(C)OC(=O)c1cc2cc(NC(=O)[C@@H]3[C@H](C4CCCCC4)CCN3C(=O)C3CCC(C(CF)NC(=O)OC(C)(C)C)CC3)ccc2o1. The van der Waals surface area contributed by atoms with E-state index in [2.05, 4.69) is 10.6 Å². The molecular formula is C40H56FN3O10. The summed E-state index contributed by atoms with van der Waals surface area (Å²) in [5, 5.41) is 6.27. The molecule has 0 radical (unpaired) electrons. The molecule has 298 valence electrons. The minimum absolute atomic E-state index is 0.0283. The smallest absolute Gasteiger partial charge is 0.449 e. The first-order valence-electron chi connectivity index (χ1n) is 19.4. The minimum Gasteiger partial charge on any atom is -0.449 e. The van der Waals surface area contributed by atoms with Gasteiger partial charge in [0.2, 0.25) is 23.9 Å². The highest BCUT2D eigenvalue weighted by atomic mass is 19.1. The van der Waals surface area contributed by atoms with Crippen LogP contribution in [0, 0.1) is 23.7 Å². The third kappa shape index (κ3) is 10.7. The Morgan fingerprint density at radius 3 is 2.26 bits per heavy atom. The van der Waals surface area contributed by atoms with Crippen LogP contribution >= 0.6 is 0 Å². The van der Waals surface area contributed by atoms with Gasteiger partial charge >= 0.3 is 18.2 Å². The van der Waals surface area contributed by atoms with E-state index in [9.17, 15) is 28.4 Å². The van der Waals surface area contributed by atoms with Crippen LogP contribution in [0.4, 0.5) is 19.7 Å². The molecule has 1 aromatic heterocycles. The Balaban J connectivity index is 1.24. The van der Waals surface area contributed by atoms with Gasteiger partial charge in [-0.15, -0.1) is 0 Å². The quantitative estimate of drug-likeness (QED) is 0.131. The lowest BCUT2D eigenvalue weighted by atomic mass is 9.76. The first-order chi connectivity index (χ1) is 25.6. The van der Waals surface area contributed by atoms with Crippen molar-refractivity contribution in [3.63, 3.8) is 0 Å². The van der Waals surface area contributed by atoms with Gasteiger partial charge in [-0.1, -0.05) is 32.1 Å². The number of alkyl carbamates (subject to hydrolysis) is 1. The minimum atomic E-state index is -1.22. The van der Waals surface area contributed by atoms with Crippen molar-refractivity contribution in [3.8, 4) is 0 Å². The lowest BCUT2D eigenvalue weighted by Gasteiger charge is -2.37. The lowest BCUT2D eigenvalue weighted by molar-refractivity contribution is -0.142. The van der Waals surface area contributed by atoms with Crippen molar-refractivity contribution in [1.29, 1.82) is 0 Å². The Labute approximate surface area is 316 Å². The number of nitrogens with zero attached hydrogens (tertiary/aromatic N) is 1. The van der Waals surface area contributed by atoms with Gasteiger partial charge in [-0.2, -0.15) is 0 Å². The summed E-state index contributed by atoms with van der Waals surface area (Å²) in [6, 6.07) is 5.16. The molecule has 2 heterocycles. The van der Waals surface area contributed by atoms with Crippen LogP contribution < -0.4 is 10.6 Å². The summed E-state index contributed by atoms with van der Waals surface area (Å²) in [5.74, 6) is -1.30. The van der Waals surface area contributed by atoms with E-state index >= 15 is 0 Å². The Morgan fingerprint density at radius 2 is 1.61 bits per heavy atom. The summed E-state index contributed by atoms with van der Waals surface area (Å²) in [6.07, 6.45) is 5.20. The summed E-state index contributed by atoms with van der Waals surface area (Å²) >= 11 is 0. The van der Waals surface area contributed by atoms with Crippen LogP contribution in [-0.2, 0) is 28.5 Å². The number of halogens is 1. The number of carbonyl (C=O) groups excluding carboxylic acids is 5. The van der Waals surface area contributed by atoms with Crippen molar-refractivity contribution < 1.29 is 51.7 Å². The van der Waals surface area contributed by atoms with E-state index < -0.39 is 55.0 Å². The maximum absolute atomic E-state index is 14.2. The van der Waals surface area contributed by atoms with E-state index in [-0.39, 0.29) is 35.3 Å². The Kier molecular flexibility index (Phi) is 13.5. The summed E-state index contributed by atoms with van der Waals surface area (Å²) in [4.78, 5) is 67.0. The first-order valence-corrected chi connectivity index (χ1v) is 19.4. The predicted octanol–water partition coefficient (Wildman–Crippen LogP) is 7.90. The molecule has 54 heavy (non-hydrogen) atoms. The van der Waals surface area contributed by atoms with Crippen LogP contribution in [0.15, 0.2) is 28.7 Å². The van der Waals surface area contributed by atoms with E-state index in [1.807, 2.05) is 0 Å². The van der Waals surface area contributed by atoms with E-state index in [1.165, 1.54) is 19.4 Å². The van der Waals surface area contributed by atoms with E-state index in [0.717, 1.165) is 32.1 Å². The molecule has 3 aliphatic rings. The molecular weight excluding hydrogens is 701 g/mol. The third-order valence-electron chi connectivity index (χ3n) is 10.7. The molecule has 5 rings (SSSR count). The van der Waals surface area contributed by atoms with Gasteiger partial charge in [-0.3, -0.25) is 9.59 Å². The largest absolute Gasteiger partial charge is 0.511 e. The fourth-order valence-corrected chi connectivity index (χ4v) is 8.23. The van der Waals surface area contributed by atoms with Gasteiger partial charge in [0.25, 0.3) is 0 Å². The summed E-state index contributed by atoms with van der Waals surface area (Å²) < 4.78 is 40.1. The number of amides is 3. The molecule has 1 saturated heterocycles. The second-order valence-electron chi connectivity index (χ2n) is 16.2. The number of alkyl halides is 1. The molecule has 14 heteroatoms. The fourth-order valence-electron chi connectivity index (χ4n) is 8.23. The number of benzene rings is 1. The van der Waals surface area contributed by atoms with Crippen LogP contribution in [0.25, 0.3) is 11.0 Å². The average Bonchev–Trinajstić information content (AvgIpc) is 3.75. The number of rotatable bonds is 11. The zero-order valence-corrected chi connectivity index (χ0v) is 32.3. The van der Waals surface area contributed by atoms with Crippen LogP contribution in [-0.4, -0.2) is 78.2 Å². The second kappa shape index (κ2) is 17.9. The number of nitrogens with one attached hydrogen (secondary N) is 2. The molecule has 2 unspecified atom stereocenters. The molecule has 2 N–H and O–H groups in total. The standard InChI is InChI=1S/C40H56FN3O10/c1-23(2)50-39(49)52-24(3)51-37(47)33-21-28-20-29(16-17-32(28)53-33)42-35(45)34-30(25-10-8-7-9-11-25)18-19-44(34)36(46)27-14-12-26(13-15-27)31(22-41)43-38(48)54-40(4,5)6/h16-17,20-21,23-27,30-31,34H,7-15,18-19,22H2,1-6H3,(H,42,45)(H,43,48)/t24?,26?,27?,30-,31?,34-/m0/s1. The molecule has 1 aliphatic heterocycles. The van der Waals surface area contributed by atoms with Gasteiger partial charge in [-0.25, -0.2) is 18.8 Å². The number of likely N-dealkylation sites (tertiary alicyclic amines) is 1. The van der Waals surface area contributed by atoms with Crippen molar-refractivity contribution in [2.45, 2.75) is 136 Å². The Morgan fingerprint density at radius 1 is 0.907 bits per heavy atom. The van der Waals surface area contributed by atoms with Gasteiger partial charge in [0.15, 0.2) is 0 Å². The van der Waals surface area contributed by atoms with E-state index in [4.69, 9.17) is 23.4 Å². The highest BCUT2D eigenvalue weighted by Crippen LogP contribution is 2.41. The number of hydrogen-bond donors (Lipinski definition) is 2. The van der Waals surface area contributed by atoms with Crippen LogP contribution in [0.2, 0.25) is 0 Å². The first kappa shape index (κ1) is 40.8. The molecule has 0 bridgehead atoms. The highest BCUT2D eigenvalue weighted by Gasteiger charge is 2.47. The molecule has 0 spiro atoms. The van der Waals surface area contributed by atoms with Crippen molar-refractivity contribution in [2.75, 3.05) is 18.5 Å². The maximum Gasteiger partial charge on any atom is 0.511 e.